The number of ether oxygens (including phenoxy) is 1. The van der Waals surface area contributed by atoms with Crippen LogP contribution in [0.2, 0.25) is 0 Å². The lowest BCUT2D eigenvalue weighted by Crippen LogP contribution is -2.03. The molecule has 0 saturated carbocycles. The van der Waals surface area contributed by atoms with Crippen molar-refractivity contribution in [1.29, 1.82) is 10.5 Å². The molecular formula is C23H22N6O. The molecule has 0 spiro atoms. The van der Waals surface area contributed by atoms with E-state index in [1.54, 1.807) is 18.3 Å². The number of hydrogen-bond donors (Lipinski definition) is 2. The first-order valence-electron chi connectivity index (χ1n) is 9.51. The van der Waals surface area contributed by atoms with Crippen molar-refractivity contribution in [2.24, 2.45) is 0 Å². The maximum Gasteiger partial charge on any atom is 0.229 e. The topological polar surface area (TPSA) is 107 Å². The van der Waals surface area contributed by atoms with Crippen LogP contribution in [0.1, 0.15) is 28.7 Å². The minimum atomic E-state index is 0.393. The SMILES string of the molecule is Cc1cc(COCCC#N)cc(C)c1Nc1ccnc(Nc2ccc(C#N)cc2)n1. The average Bonchev–Trinajstić information content (AvgIpc) is 2.75. The lowest BCUT2D eigenvalue weighted by Gasteiger charge is -2.15. The van der Waals surface area contributed by atoms with E-state index in [1.165, 1.54) is 0 Å². The van der Waals surface area contributed by atoms with E-state index >= 15 is 0 Å². The van der Waals surface area contributed by atoms with Gasteiger partial charge in [0.1, 0.15) is 5.82 Å². The van der Waals surface area contributed by atoms with E-state index in [1.807, 2.05) is 32.0 Å². The van der Waals surface area contributed by atoms with Crippen LogP contribution in [0.3, 0.4) is 0 Å². The van der Waals surface area contributed by atoms with E-state index in [4.69, 9.17) is 15.3 Å². The van der Waals surface area contributed by atoms with Gasteiger partial charge in [-0.05, 0) is 60.9 Å². The molecule has 0 aliphatic heterocycles. The second-order valence-corrected chi connectivity index (χ2v) is 6.77. The van der Waals surface area contributed by atoms with Gasteiger partial charge < -0.3 is 15.4 Å². The molecule has 0 amide bonds. The molecular weight excluding hydrogens is 376 g/mol. The largest absolute Gasteiger partial charge is 0.376 e. The van der Waals surface area contributed by atoms with Crippen LogP contribution in [0, 0.1) is 36.5 Å². The van der Waals surface area contributed by atoms with Crippen LogP contribution in [0.4, 0.5) is 23.1 Å². The number of rotatable bonds is 8. The van der Waals surface area contributed by atoms with Crippen molar-refractivity contribution in [3.8, 4) is 12.1 Å². The Bertz CT molecular complexity index is 1070. The van der Waals surface area contributed by atoms with Crippen LogP contribution >= 0.6 is 0 Å². The predicted octanol–water partition coefficient (Wildman–Crippen LogP) is 4.88. The highest BCUT2D eigenvalue weighted by atomic mass is 16.5. The van der Waals surface area contributed by atoms with Crippen molar-refractivity contribution in [2.75, 3.05) is 17.2 Å². The molecule has 0 fully saturated rings. The fraction of sp³-hybridized carbons (Fsp3) is 0.217. The van der Waals surface area contributed by atoms with Crippen molar-refractivity contribution in [3.63, 3.8) is 0 Å². The van der Waals surface area contributed by atoms with Crippen molar-refractivity contribution in [2.45, 2.75) is 26.9 Å². The number of aryl methyl sites for hydroxylation is 2. The average molecular weight is 398 g/mol. The standard InChI is InChI=1S/C23H22N6O/c1-16-12-19(15-30-11-3-9-24)13-17(2)22(16)28-21-8-10-26-23(29-21)27-20-6-4-18(14-25)5-7-20/h4-8,10,12-13H,3,11,15H2,1-2H3,(H2,26,27,28,29). The first kappa shape index (κ1) is 20.8. The number of anilines is 4. The van der Waals surface area contributed by atoms with Crippen molar-refractivity contribution in [3.05, 3.63) is 70.9 Å². The number of aromatic nitrogens is 2. The third kappa shape index (κ3) is 5.54. The Morgan fingerprint density at radius 3 is 2.40 bits per heavy atom. The Labute approximate surface area is 176 Å². The van der Waals surface area contributed by atoms with E-state index < -0.39 is 0 Å². The molecule has 1 heterocycles. The van der Waals surface area contributed by atoms with E-state index in [0.717, 1.165) is 28.1 Å². The zero-order valence-corrected chi connectivity index (χ0v) is 16.9. The summed E-state index contributed by atoms with van der Waals surface area (Å²) < 4.78 is 5.53. The van der Waals surface area contributed by atoms with Crippen LogP contribution in [-0.2, 0) is 11.3 Å². The summed E-state index contributed by atoms with van der Waals surface area (Å²) in [7, 11) is 0. The number of hydrogen-bond acceptors (Lipinski definition) is 7. The van der Waals surface area contributed by atoms with Gasteiger partial charge in [0.05, 0.1) is 37.3 Å². The molecule has 0 radical (unpaired) electrons. The quantitative estimate of drug-likeness (QED) is 0.521. The summed E-state index contributed by atoms with van der Waals surface area (Å²) in [5.74, 6) is 1.13. The van der Waals surface area contributed by atoms with E-state index in [0.29, 0.717) is 37.0 Å². The lowest BCUT2D eigenvalue weighted by molar-refractivity contribution is 0.126. The first-order chi connectivity index (χ1) is 14.6. The molecule has 0 bridgehead atoms. The summed E-state index contributed by atoms with van der Waals surface area (Å²) in [5, 5.41) is 24.0. The van der Waals surface area contributed by atoms with Gasteiger partial charge in [0, 0.05) is 17.6 Å². The van der Waals surface area contributed by atoms with Crippen LogP contribution in [0.15, 0.2) is 48.7 Å². The van der Waals surface area contributed by atoms with Gasteiger partial charge in [0.25, 0.3) is 0 Å². The molecule has 7 heteroatoms. The summed E-state index contributed by atoms with van der Waals surface area (Å²) in [4.78, 5) is 8.79. The van der Waals surface area contributed by atoms with E-state index in [2.05, 4.69) is 44.9 Å². The fourth-order valence-electron chi connectivity index (χ4n) is 3.02. The van der Waals surface area contributed by atoms with Crippen LogP contribution in [0.25, 0.3) is 0 Å². The normalized spacial score (nSPS) is 10.1. The molecule has 0 unspecified atom stereocenters. The van der Waals surface area contributed by atoms with Crippen LogP contribution in [-0.4, -0.2) is 16.6 Å². The Kier molecular flexibility index (Phi) is 6.94. The van der Waals surface area contributed by atoms with Crippen molar-refractivity contribution < 1.29 is 4.74 Å². The molecule has 150 valence electrons. The Hall–Kier alpha value is -3.94. The zero-order valence-electron chi connectivity index (χ0n) is 16.9. The first-order valence-corrected chi connectivity index (χ1v) is 9.51. The molecule has 0 atom stereocenters. The Morgan fingerprint density at radius 2 is 1.73 bits per heavy atom. The molecule has 0 saturated heterocycles. The lowest BCUT2D eigenvalue weighted by atomic mass is 10.0. The fourth-order valence-corrected chi connectivity index (χ4v) is 3.02. The zero-order chi connectivity index (χ0) is 21.3. The number of nitrogens with zero attached hydrogens (tertiary/aromatic N) is 4. The maximum absolute atomic E-state index is 8.90. The van der Waals surface area contributed by atoms with Gasteiger partial charge in [-0.3, -0.25) is 0 Å². The second kappa shape index (κ2) is 10.0. The summed E-state index contributed by atoms with van der Waals surface area (Å²) in [6, 6.07) is 17.2. The minimum Gasteiger partial charge on any atom is -0.376 e. The third-order valence-corrected chi connectivity index (χ3v) is 4.40. The molecule has 2 aromatic carbocycles. The van der Waals surface area contributed by atoms with Gasteiger partial charge in [0.2, 0.25) is 5.95 Å². The minimum absolute atomic E-state index is 0.393. The highest BCUT2D eigenvalue weighted by Crippen LogP contribution is 2.26. The highest BCUT2D eigenvalue weighted by Gasteiger charge is 2.08. The smallest absolute Gasteiger partial charge is 0.229 e. The van der Waals surface area contributed by atoms with Crippen molar-refractivity contribution in [1.82, 2.24) is 9.97 Å². The molecule has 3 aromatic rings. The summed E-state index contributed by atoms with van der Waals surface area (Å²) in [6.07, 6.45) is 2.08. The maximum atomic E-state index is 8.90. The predicted molar refractivity (Wildman–Crippen MR) is 116 cm³/mol. The Balaban J connectivity index is 1.70. The number of benzene rings is 2. The highest BCUT2D eigenvalue weighted by molar-refractivity contribution is 5.66. The molecule has 2 N–H and O–H groups in total. The van der Waals surface area contributed by atoms with Crippen LogP contribution in [0.5, 0.6) is 0 Å². The number of nitrogens with one attached hydrogen (secondary N) is 2. The molecule has 30 heavy (non-hydrogen) atoms. The Morgan fingerprint density at radius 1 is 1.00 bits per heavy atom. The van der Waals surface area contributed by atoms with Gasteiger partial charge >= 0.3 is 0 Å². The van der Waals surface area contributed by atoms with E-state index in [-0.39, 0.29) is 0 Å². The molecule has 1 aromatic heterocycles. The molecule has 0 aliphatic rings. The monoisotopic (exact) mass is 398 g/mol. The van der Waals surface area contributed by atoms with Gasteiger partial charge in [-0.2, -0.15) is 15.5 Å². The van der Waals surface area contributed by atoms with Gasteiger partial charge in [-0.25, -0.2) is 4.98 Å². The molecule has 3 rings (SSSR count). The van der Waals surface area contributed by atoms with Gasteiger partial charge in [-0.15, -0.1) is 0 Å². The molecule has 0 aliphatic carbocycles. The molecule has 7 nitrogen and oxygen atoms in total. The second-order valence-electron chi connectivity index (χ2n) is 6.77. The van der Waals surface area contributed by atoms with Crippen LogP contribution < -0.4 is 10.6 Å². The van der Waals surface area contributed by atoms with Crippen molar-refractivity contribution >= 4 is 23.1 Å². The third-order valence-electron chi connectivity index (χ3n) is 4.40. The van der Waals surface area contributed by atoms with E-state index in [9.17, 15) is 0 Å². The number of nitriles is 2. The summed E-state index contributed by atoms with van der Waals surface area (Å²) in [5.41, 5.74) is 5.61. The van der Waals surface area contributed by atoms with Gasteiger partial charge in [0.15, 0.2) is 0 Å². The summed E-state index contributed by atoms with van der Waals surface area (Å²) >= 11 is 0. The van der Waals surface area contributed by atoms with Gasteiger partial charge in [-0.1, -0.05) is 12.1 Å². The summed E-state index contributed by atoms with van der Waals surface area (Å²) in [6.45, 7) is 4.98.